The van der Waals surface area contributed by atoms with Crippen molar-refractivity contribution in [2.75, 3.05) is 12.3 Å². The second-order valence-corrected chi connectivity index (χ2v) is 5.78. The number of hydrogen-bond donors (Lipinski definition) is 2. The third-order valence-electron chi connectivity index (χ3n) is 3.86. The number of carbonyl (C=O) groups excluding carboxylic acids is 1. The van der Waals surface area contributed by atoms with Crippen molar-refractivity contribution < 1.29 is 4.79 Å². The number of nitrogens with two attached hydrogens (primary N) is 1. The third-order valence-corrected chi connectivity index (χ3v) is 3.86. The molecule has 0 saturated heterocycles. The molecule has 0 aromatic heterocycles. The molecule has 0 aliphatic rings. The van der Waals surface area contributed by atoms with E-state index in [0.717, 1.165) is 24.1 Å². The van der Waals surface area contributed by atoms with Gasteiger partial charge in [-0.15, -0.1) is 0 Å². The van der Waals surface area contributed by atoms with Gasteiger partial charge in [0, 0.05) is 24.3 Å². The Morgan fingerprint density at radius 3 is 2.38 bits per heavy atom. The first-order valence-electron chi connectivity index (χ1n) is 7.84. The third kappa shape index (κ3) is 5.76. The predicted octanol–water partition coefficient (Wildman–Crippen LogP) is 2.78. The van der Waals surface area contributed by atoms with E-state index in [1.54, 1.807) is 0 Å². The minimum absolute atomic E-state index is 0.0897. The van der Waals surface area contributed by atoms with Crippen LogP contribution in [0.2, 0.25) is 0 Å². The molecule has 0 radical (unpaired) electrons. The van der Waals surface area contributed by atoms with Crippen LogP contribution in [-0.2, 0) is 11.3 Å². The van der Waals surface area contributed by atoms with Gasteiger partial charge in [0.1, 0.15) is 0 Å². The van der Waals surface area contributed by atoms with Crippen molar-refractivity contribution in [1.29, 1.82) is 0 Å². The van der Waals surface area contributed by atoms with E-state index in [2.05, 4.69) is 37.9 Å². The first kappa shape index (κ1) is 17.5. The van der Waals surface area contributed by atoms with E-state index in [1.807, 2.05) is 24.3 Å². The molecule has 0 aliphatic heterocycles. The van der Waals surface area contributed by atoms with Gasteiger partial charge in [0.25, 0.3) is 0 Å². The number of para-hydroxylation sites is 1. The molecule has 1 rings (SSSR count). The molecule has 1 aromatic carbocycles. The van der Waals surface area contributed by atoms with Gasteiger partial charge in [0.2, 0.25) is 5.91 Å². The van der Waals surface area contributed by atoms with Gasteiger partial charge in [-0.3, -0.25) is 9.69 Å². The van der Waals surface area contributed by atoms with Crippen LogP contribution in [0.3, 0.4) is 0 Å². The van der Waals surface area contributed by atoms with Gasteiger partial charge >= 0.3 is 0 Å². The summed E-state index contributed by atoms with van der Waals surface area (Å²) >= 11 is 0. The maximum Gasteiger partial charge on any atom is 0.234 e. The van der Waals surface area contributed by atoms with Crippen molar-refractivity contribution in [3.63, 3.8) is 0 Å². The minimum Gasteiger partial charge on any atom is -0.398 e. The second-order valence-electron chi connectivity index (χ2n) is 5.78. The van der Waals surface area contributed by atoms with Gasteiger partial charge in [-0.05, 0) is 38.3 Å². The zero-order valence-corrected chi connectivity index (χ0v) is 13.7. The molecule has 0 heterocycles. The van der Waals surface area contributed by atoms with Crippen LogP contribution in [0, 0.1) is 0 Å². The molecule has 0 spiro atoms. The van der Waals surface area contributed by atoms with Crippen LogP contribution in [0.1, 0.15) is 46.1 Å². The van der Waals surface area contributed by atoms with Crippen LogP contribution in [0.5, 0.6) is 0 Å². The van der Waals surface area contributed by atoms with Gasteiger partial charge in [0.15, 0.2) is 0 Å². The number of hydrogen-bond acceptors (Lipinski definition) is 3. The van der Waals surface area contributed by atoms with E-state index >= 15 is 0 Å². The van der Waals surface area contributed by atoms with E-state index in [4.69, 9.17) is 5.73 Å². The van der Waals surface area contributed by atoms with Crippen molar-refractivity contribution in [3.8, 4) is 0 Å². The average Bonchev–Trinajstić information content (AvgIpc) is 2.46. The van der Waals surface area contributed by atoms with Gasteiger partial charge in [-0.1, -0.05) is 32.0 Å². The topological polar surface area (TPSA) is 58.4 Å². The lowest BCUT2D eigenvalue weighted by atomic mass is 10.1. The Bertz CT molecular complexity index is 441. The highest BCUT2D eigenvalue weighted by Crippen LogP contribution is 2.15. The molecule has 1 aromatic rings. The van der Waals surface area contributed by atoms with Gasteiger partial charge in [-0.2, -0.15) is 0 Å². The van der Waals surface area contributed by atoms with E-state index in [-0.39, 0.29) is 18.0 Å². The van der Waals surface area contributed by atoms with E-state index < -0.39 is 0 Å². The van der Waals surface area contributed by atoms with Crippen LogP contribution >= 0.6 is 0 Å². The predicted molar refractivity (Wildman–Crippen MR) is 88.9 cm³/mol. The van der Waals surface area contributed by atoms with Crippen molar-refractivity contribution >= 4 is 11.6 Å². The van der Waals surface area contributed by atoms with Crippen molar-refractivity contribution in [1.82, 2.24) is 10.2 Å². The van der Waals surface area contributed by atoms with Crippen LogP contribution in [0.15, 0.2) is 24.3 Å². The number of anilines is 1. The van der Waals surface area contributed by atoms with Gasteiger partial charge in [-0.25, -0.2) is 0 Å². The van der Waals surface area contributed by atoms with Crippen molar-refractivity contribution in [3.05, 3.63) is 29.8 Å². The molecule has 118 valence electrons. The molecule has 3 N–H and O–H groups in total. The number of nitrogens with one attached hydrogen (secondary N) is 1. The first-order chi connectivity index (χ1) is 9.97. The van der Waals surface area contributed by atoms with E-state index in [1.165, 1.54) is 0 Å². The molecular weight excluding hydrogens is 262 g/mol. The Morgan fingerprint density at radius 2 is 1.86 bits per heavy atom. The molecule has 0 bridgehead atoms. The Hall–Kier alpha value is -1.55. The van der Waals surface area contributed by atoms with Crippen molar-refractivity contribution in [2.24, 2.45) is 0 Å². The standard InChI is InChI=1S/C17H29N3O/c1-5-15(6-2)19-17(21)12-20(13(3)4)11-14-9-7-8-10-16(14)18/h7-10,13,15H,5-6,11-12,18H2,1-4H3,(H,19,21). The highest BCUT2D eigenvalue weighted by Gasteiger charge is 2.17. The number of carbonyl (C=O) groups is 1. The minimum atomic E-state index is 0.0897. The molecule has 0 saturated carbocycles. The van der Waals surface area contributed by atoms with Gasteiger partial charge in [0.05, 0.1) is 6.54 Å². The molecule has 21 heavy (non-hydrogen) atoms. The monoisotopic (exact) mass is 291 g/mol. The lowest BCUT2D eigenvalue weighted by Crippen LogP contribution is -2.43. The number of rotatable bonds is 8. The van der Waals surface area contributed by atoms with Crippen molar-refractivity contribution in [2.45, 2.75) is 59.2 Å². The number of benzene rings is 1. The summed E-state index contributed by atoms with van der Waals surface area (Å²) in [5.74, 6) is 0.0897. The summed E-state index contributed by atoms with van der Waals surface area (Å²) in [6, 6.07) is 8.39. The largest absolute Gasteiger partial charge is 0.398 e. The quantitative estimate of drug-likeness (QED) is 0.724. The molecule has 0 atom stereocenters. The van der Waals surface area contributed by atoms with Crippen LogP contribution in [0.25, 0.3) is 0 Å². The highest BCUT2D eigenvalue weighted by molar-refractivity contribution is 5.78. The molecule has 0 fully saturated rings. The Kier molecular flexibility index (Phi) is 7.23. The molecule has 4 nitrogen and oxygen atoms in total. The van der Waals surface area contributed by atoms with E-state index in [9.17, 15) is 4.79 Å². The summed E-state index contributed by atoms with van der Waals surface area (Å²) in [4.78, 5) is 14.3. The smallest absolute Gasteiger partial charge is 0.234 e. The SMILES string of the molecule is CCC(CC)NC(=O)CN(Cc1ccccc1N)C(C)C. The Balaban J connectivity index is 2.66. The first-order valence-corrected chi connectivity index (χ1v) is 7.84. The second kappa shape index (κ2) is 8.67. The molecule has 0 aliphatic carbocycles. The highest BCUT2D eigenvalue weighted by atomic mass is 16.2. The average molecular weight is 291 g/mol. The molecule has 4 heteroatoms. The molecular formula is C17H29N3O. The summed E-state index contributed by atoms with van der Waals surface area (Å²) in [6.45, 7) is 9.49. The fourth-order valence-electron chi connectivity index (χ4n) is 2.27. The zero-order valence-electron chi connectivity index (χ0n) is 13.7. The number of nitrogens with zero attached hydrogens (tertiary/aromatic N) is 1. The fourth-order valence-corrected chi connectivity index (χ4v) is 2.27. The Morgan fingerprint density at radius 1 is 1.24 bits per heavy atom. The summed E-state index contributed by atoms with van der Waals surface area (Å²) in [6.07, 6.45) is 1.94. The van der Waals surface area contributed by atoms with Crippen LogP contribution in [-0.4, -0.2) is 29.4 Å². The lowest BCUT2D eigenvalue weighted by Gasteiger charge is -2.27. The van der Waals surface area contributed by atoms with Crippen LogP contribution < -0.4 is 11.1 Å². The molecule has 1 amide bonds. The van der Waals surface area contributed by atoms with Gasteiger partial charge < -0.3 is 11.1 Å². The maximum absolute atomic E-state index is 12.2. The number of amides is 1. The summed E-state index contributed by atoms with van der Waals surface area (Å²) < 4.78 is 0. The zero-order chi connectivity index (χ0) is 15.8. The Labute approximate surface area is 128 Å². The normalized spacial score (nSPS) is 11.4. The summed E-state index contributed by atoms with van der Waals surface area (Å²) in [5.41, 5.74) is 7.85. The molecule has 0 unspecified atom stereocenters. The summed E-state index contributed by atoms with van der Waals surface area (Å²) in [5, 5.41) is 3.09. The number of nitrogen functional groups attached to an aromatic ring is 1. The fraction of sp³-hybridized carbons (Fsp3) is 0.588. The van der Waals surface area contributed by atoms with E-state index in [0.29, 0.717) is 13.1 Å². The lowest BCUT2D eigenvalue weighted by molar-refractivity contribution is -0.123. The maximum atomic E-state index is 12.2. The summed E-state index contributed by atoms with van der Waals surface area (Å²) in [7, 11) is 0. The van der Waals surface area contributed by atoms with Crippen LogP contribution in [0.4, 0.5) is 5.69 Å².